The van der Waals surface area contributed by atoms with Gasteiger partial charge in [0.25, 0.3) is 0 Å². The predicted octanol–water partition coefficient (Wildman–Crippen LogP) is 3.86. The van der Waals surface area contributed by atoms with Crippen LogP contribution >= 0.6 is 0 Å². The summed E-state index contributed by atoms with van der Waals surface area (Å²) in [6, 6.07) is 12.1. The molecule has 2 aromatic heterocycles. The summed E-state index contributed by atoms with van der Waals surface area (Å²) >= 11 is 0. The number of benzene rings is 1. The highest BCUT2D eigenvalue weighted by molar-refractivity contribution is 5.28. The number of hydrogen-bond donors (Lipinski definition) is 1. The van der Waals surface area contributed by atoms with Gasteiger partial charge in [-0.3, -0.25) is 9.88 Å². The molecule has 0 aliphatic heterocycles. The molecule has 1 atom stereocenters. The molecule has 0 saturated heterocycles. The number of pyridine rings is 1. The van der Waals surface area contributed by atoms with Gasteiger partial charge in [-0.05, 0) is 53.9 Å². The van der Waals surface area contributed by atoms with E-state index in [2.05, 4.69) is 9.88 Å². The highest BCUT2D eigenvalue weighted by atomic mass is 19.1. The van der Waals surface area contributed by atoms with Gasteiger partial charge in [-0.1, -0.05) is 12.1 Å². The molecule has 0 radical (unpaired) electrons. The fourth-order valence-electron chi connectivity index (χ4n) is 2.91. The molecule has 0 spiro atoms. The van der Waals surface area contributed by atoms with Crippen LogP contribution in [0.3, 0.4) is 0 Å². The van der Waals surface area contributed by atoms with Crippen LogP contribution < -0.4 is 0 Å². The van der Waals surface area contributed by atoms with Crippen molar-refractivity contribution >= 4 is 0 Å². The number of aryl methyl sites for hydroxylation is 1. The zero-order chi connectivity index (χ0) is 17.6. The number of halogens is 1. The van der Waals surface area contributed by atoms with Crippen molar-refractivity contribution in [2.24, 2.45) is 0 Å². The van der Waals surface area contributed by atoms with Crippen LogP contribution in [0.4, 0.5) is 4.39 Å². The molecular weight excluding hydrogens is 319 g/mol. The lowest BCUT2D eigenvalue weighted by molar-refractivity contribution is 0.0999. The Morgan fingerprint density at radius 2 is 2.08 bits per heavy atom. The van der Waals surface area contributed by atoms with Crippen LogP contribution in [0.1, 0.15) is 28.6 Å². The van der Waals surface area contributed by atoms with Crippen LogP contribution in [0.2, 0.25) is 0 Å². The lowest BCUT2D eigenvalue weighted by atomic mass is 10.0. The lowest BCUT2D eigenvalue weighted by Crippen LogP contribution is -2.28. The Kier molecular flexibility index (Phi) is 5.58. The van der Waals surface area contributed by atoms with Gasteiger partial charge < -0.3 is 9.52 Å². The van der Waals surface area contributed by atoms with E-state index < -0.39 is 6.10 Å². The van der Waals surface area contributed by atoms with Crippen molar-refractivity contribution in [3.8, 4) is 0 Å². The first-order valence-electron chi connectivity index (χ1n) is 8.19. The first-order chi connectivity index (χ1) is 12.1. The van der Waals surface area contributed by atoms with Gasteiger partial charge in [0.05, 0.1) is 18.9 Å². The van der Waals surface area contributed by atoms with E-state index in [1.54, 1.807) is 25.5 Å². The summed E-state index contributed by atoms with van der Waals surface area (Å²) in [5, 5.41) is 10.7. The van der Waals surface area contributed by atoms with E-state index in [1.165, 1.54) is 12.1 Å². The van der Waals surface area contributed by atoms with Gasteiger partial charge in [0.2, 0.25) is 0 Å². The van der Waals surface area contributed by atoms with Crippen molar-refractivity contribution in [2.45, 2.75) is 26.1 Å². The van der Waals surface area contributed by atoms with Crippen molar-refractivity contribution in [3.63, 3.8) is 0 Å². The summed E-state index contributed by atoms with van der Waals surface area (Å²) in [6.45, 7) is 3.41. The van der Waals surface area contributed by atoms with Gasteiger partial charge >= 0.3 is 0 Å². The topological polar surface area (TPSA) is 49.5 Å². The first-order valence-corrected chi connectivity index (χ1v) is 8.19. The summed E-state index contributed by atoms with van der Waals surface area (Å²) < 4.78 is 18.7. The zero-order valence-corrected chi connectivity index (χ0v) is 14.1. The minimum absolute atomic E-state index is 0.295. The maximum atomic E-state index is 13.3. The van der Waals surface area contributed by atoms with Gasteiger partial charge in [0.15, 0.2) is 0 Å². The van der Waals surface area contributed by atoms with Crippen LogP contribution in [0, 0.1) is 12.7 Å². The van der Waals surface area contributed by atoms with E-state index in [0.29, 0.717) is 19.6 Å². The molecule has 0 fully saturated rings. The van der Waals surface area contributed by atoms with Crippen molar-refractivity contribution in [3.05, 3.63) is 89.4 Å². The summed E-state index contributed by atoms with van der Waals surface area (Å²) in [7, 11) is 0. The molecule has 2 heterocycles. The van der Waals surface area contributed by atoms with Crippen LogP contribution in [0.25, 0.3) is 0 Å². The molecule has 3 rings (SSSR count). The van der Waals surface area contributed by atoms with Crippen molar-refractivity contribution in [2.75, 3.05) is 6.54 Å². The summed E-state index contributed by atoms with van der Waals surface area (Å²) in [5.41, 5.74) is 2.53. The van der Waals surface area contributed by atoms with E-state index in [-0.39, 0.29) is 5.82 Å². The number of aliphatic hydroxyl groups excluding tert-OH is 1. The molecule has 0 aliphatic rings. The third-order valence-corrected chi connectivity index (χ3v) is 4.11. The second-order valence-electron chi connectivity index (χ2n) is 6.13. The summed E-state index contributed by atoms with van der Waals surface area (Å²) in [6.07, 6.45) is 4.46. The molecule has 3 aromatic rings. The molecule has 0 bridgehead atoms. The lowest BCUT2D eigenvalue weighted by Gasteiger charge is -2.25. The second kappa shape index (κ2) is 8.05. The van der Waals surface area contributed by atoms with Gasteiger partial charge in [0.1, 0.15) is 11.6 Å². The maximum absolute atomic E-state index is 13.3. The molecule has 0 aliphatic carbocycles. The van der Waals surface area contributed by atoms with Gasteiger partial charge in [0, 0.05) is 25.5 Å². The third-order valence-electron chi connectivity index (χ3n) is 4.11. The van der Waals surface area contributed by atoms with Gasteiger partial charge in [-0.2, -0.15) is 0 Å². The van der Waals surface area contributed by atoms with Gasteiger partial charge in [-0.25, -0.2) is 4.39 Å². The second-order valence-corrected chi connectivity index (χ2v) is 6.13. The summed E-state index contributed by atoms with van der Waals surface area (Å²) in [5.74, 6) is 0.531. The fourth-order valence-corrected chi connectivity index (χ4v) is 2.91. The largest absolute Gasteiger partial charge is 0.468 e. The zero-order valence-electron chi connectivity index (χ0n) is 14.1. The Hall–Kier alpha value is -2.50. The molecule has 4 nitrogen and oxygen atoms in total. The van der Waals surface area contributed by atoms with Gasteiger partial charge in [-0.15, -0.1) is 0 Å². The Morgan fingerprint density at radius 3 is 2.76 bits per heavy atom. The Labute approximate surface area is 146 Å². The standard InChI is InChI=1S/C20H21FN2O2/c1-15-10-17(21)6-7-19(15)20(24)14-23(13-18-5-3-9-25-18)12-16-4-2-8-22-11-16/h2-11,20,24H,12-14H2,1H3. The Balaban J connectivity index is 1.76. The maximum Gasteiger partial charge on any atom is 0.123 e. The predicted molar refractivity (Wildman–Crippen MR) is 93.2 cm³/mol. The normalized spacial score (nSPS) is 12.5. The Bertz CT molecular complexity index is 791. The number of aromatic nitrogens is 1. The van der Waals surface area contributed by atoms with E-state index >= 15 is 0 Å². The molecule has 1 aromatic carbocycles. The molecule has 0 saturated carbocycles. The van der Waals surface area contributed by atoms with E-state index in [4.69, 9.17) is 4.42 Å². The number of hydrogen-bond acceptors (Lipinski definition) is 4. The van der Waals surface area contributed by atoms with Crippen molar-refractivity contribution in [1.82, 2.24) is 9.88 Å². The van der Waals surface area contributed by atoms with Crippen LogP contribution in [-0.2, 0) is 13.1 Å². The SMILES string of the molecule is Cc1cc(F)ccc1C(O)CN(Cc1cccnc1)Cc1ccco1. The highest BCUT2D eigenvalue weighted by Crippen LogP contribution is 2.21. The molecule has 1 unspecified atom stereocenters. The molecule has 25 heavy (non-hydrogen) atoms. The average Bonchev–Trinajstić information content (AvgIpc) is 3.08. The molecule has 0 amide bonds. The quantitative estimate of drug-likeness (QED) is 0.710. The number of aliphatic hydroxyl groups is 1. The van der Waals surface area contributed by atoms with Crippen LogP contribution in [0.5, 0.6) is 0 Å². The Morgan fingerprint density at radius 1 is 1.20 bits per heavy atom. The minimum Gasteiger partial charge on any atom is -0.468 e. The van der Waals surface area contributed by atoms with Crippen LogP contribution in [0.15, 0.2) is 65.5 Å². The van der Waals surface area contributed by atoms with E-state index in [9.17, 15) is 9.50 Å². The number of rotatable bonds is 7. The van der Waals surface area contributed by atoms with Crippen LogP contribution in [-0.4, -0.2) is 21.5 Å². The monoisotopic (exact) mass is 340 g/mol. The third kappa shape index (κ3) is 4.75. The highest BCUT2D eigenvalue weighted by Gasteiger charge is 2.17. The molecular formula is C20H21FN2O2. The molecule has 5 heteroatoms. The van der Waals surface area contributed by atoms with Crippen molar-refractivity contribution < 1.29 is 13.9 Å². The number of nitrogens with zero attached hydrogens (tertiary/aromatic N) is 2. The minimum atomic E-state index is -0.716. The van der Waals surface area contributed by atoms with Crippen molar-refractivity contribution in [1.29, 1.82) is 0 Å². The number of furan rings is 1. The molecule has 1 N–H and O–H groups in total. The smallest absolute Gasteiger partial charge is 0.123 e. The molecule has 130 valence electrons. The fraction of sp³-hybridized carbons (Fsp3) is 0.250. The summed E-state index contributed by atoms with van der Waals surface area (Å²) in [4.78, 5) is 6.23. The average molecular weight is 340 g/mol. The van der Waals surface area contributed by atoms with E-state index in [0.717, 1.165) is 22.5 Å². The van der Waals surface area contributed by atoms with E-state index in [1.807, 2.05) is 30.5 Å². The first kappa shape index (κ1) is 17.3.